The van der Waals surface area contributed by atoms with Crippen molar-refractivity contribution in [1.29, 1.82) is 0 Å². The number of fused-ring (bicyclic) bond motifs is 2. The molecule has 1 aliphatic heterocycles. The molecule has 3 aliphatic rings. The molecule has 8 nitrogen and oxygen atoms in total. The lowest BCUT2D eigenvalue weighted by atomic mass is 9.84. The number of likely N-dealkylation sites (tertiary alicyclic amines) is 1. The van der Waals surface area contributed by atoms with Gasteiger partial charge in [0.25, 0.3) is 5.91 Å². The van der Waals surface area contributed by atoms with E-state index in [9.17, 15) is 18.0 Å². The number of carbonyl (C=O) groups is 2. The van der Waals surface area contributed by atoms with Crippen LogP contribution in [0.4, 0.5) is 5.69 Å². The molecular weight excluding hydrogens is 466 g/mol. The highest BCUT2D eigenvalue weighted by atomic mass is 32.2. The summed E-state index contributed by atoms with van der Waals surface area (Å²) in [5.74, 6) is 1.44. The highest BCUT2D eigenvalue weighted by Gasteiger charge is 2.42. The summed E-state index contributed by atoms with van der Waals surface area (Å²) in [6, 6.07) is 7.90. The van der Waals surface area contributed by atoms with Crippen LogP contribution in [0.25, 0.3) is 0 Å². The standard InChI is InChI=1S/C26H33N3O5S/c1-17(24-15-18-2-3-20(24)14-18)28-35(32,33)23-6-4-22(5-7-23)27-25(30)19-8-11-29(12-9-19)26(31)21-10-13-34-16-21/h4-7,10,13,16-20,24,28H,2-3,8-9,11-12,14-15H2,1H3,(H,27,30)/t17-,18-,20-,24+/m0/s1. The van der Waals surface area contributed by atoms with Crippen molar-refractivity contribution < 1.29 is 22.4 Å². The minimum Gasteiger partial charge on any atom is -0.472 e. The van der Waals surface area contributed by atoms with Gasteiger partial charge in [-0.25, -0.2) is 13.1 Å². The van der Waals surface area contributed by atoms with E-state index in [0.29, 0.717) is 49.0 Å². The molecule has 188 valence electrons. The van der Waals surface area contributed by atoms with E-state index in [1.165, 1.54) is 43.9 Å². The SMILES string of the molecule is C[C@H](NS(=O)(=O)c1ccc(NC(=O)C2CCN(C(=O)c3ccoc3)CC2)cc1)[C@H]1C[C@H]2CC[C@H]1C2. The number of furan rings is 1. The van der Waals surface area contributed by atoms with E-state index in [0.717, 1.165) is 12.3 Å². The third-order valence-corrected chi connectivity index (χ3v) is 9.70. The lowest BCUT2D eigenvalue weighted by Crippen LogP contribution is -2.41. The molecule has 9 heteroatoms. The molecule has 0 spiro atoms. The van der Waals surface area contributed by atoms with Crippen LogP contribution in [0.15, 0.2) is 52.2 Å². The number of piperidine rings is 1. The third-order valence-electron chi connectivity index (χ3n) is 8.13. The average molecular weight is 500 g/mol. The van der Waals surface area contributed by atoms with Crippen LogP contribution in [-0.4, -0.2) is 44.3 Å². The second-order valence-electron chi connectivity index (χ2n) is 10.3. The molecule has 4 atom stereocenters. The van der Waals surface area contributed by atoms with Crippen LogP contribution < -0.4 is 10.0 Å². The summed E-state index contributed by atoms with van der Waals surface area (Å²) in [4.78, 5) is 27.1. The predicted octanol–water partition coefficient (Wildman–Crippen LogP) is 3.87. The topological polar surface area (TPSA) is 109 Å². The predicted molar refractivity (Wildman–Crippen MR) is 131 cm³/mol. The number of benzene rings is 1. The molecule has 3 fully saturated rings. The molecule has 5 rings (SSSR count). The Morgan fingerprint density at radius 1 is 1.03 bits per heavy atom. The zero-order valence-electron chi connectivity index (χ0n) is 20.0. The van der Waals surface area contributed by atoms with Crippen LogP contribution in [-0.2, 0) is 14.8 Å². The number of anilines is 1. The molecule has 2 N–H and O–H groups in total. The van der Waals surface area contributed by atoms with E-state index < -0.39 is 10.0 Å². The van der Waals surface area contributed by atoms with Gasteiger partial charge < -0.3 is 14.6 Å². The van der Waals surface area contributed by atoms with E-state index in [1.54, 1.807) is 23.1 Å². The fourth-order valence-electron chi connectivity index (χ4n) is 6.18. The second-order valence-corrected chi connectivity index (χ2v) is 12.1. The number of sulfonamides is 1. The number of nitrogens with zero attached hydrogens (tertiary/aromatic N) is 1. The minimum atomic E-state index is -3.62. The highest BCUT2D eigenvalue weighted by Crippen LogP contribution is 2.49. The van der Waals surface area contributed by atoms with Crippen molar-refractivity contribution in [3.63, 3.8) is 0 Å². The lowest BCUT2D eigenvalue weighted by Gasteiger charge is -2.31. The smallest absolute Gasteiger partial charge is 0.257 e. The summed E-state index contributed by atoms with van der Waals surface area (Å²) < 4.78 is 33.7. The maximum Gasteiger partial charge on any atom is 0.257 e. The molecule has 1 aromatic carbocycles. The zero-order chi connectivity index (χ0) is 24.6. The van der Waals surface area contributed by atoms with Crippen LogP contribution in [0, 0.1) is 23.7 Å². The molecule has 2 aliphatic carbocycles. The van der Waals surface area contributed by atoms with E-state index in [2.05, 4.69) is 10.0 Å². The van der Waals surface area contributed by atoms with Crippen LogP contribution >= 0.6 is 0 Å². The first kappa shape index (κ1) is 24.1. The Balaban J connectivity index is 1.13. The largest absolute Gasteiger partial charge is 0.472 e. The Bertz CT molecular complexity index is 1150. The van der Waals surface area contributed by atoms with Crippen molar-refractivity contribution in [2.75, 3.05) is 18.4 Å². The number of hydrogen-bond donors (Lipinski definition) is 2. The zero-order valence-corrected chi connectivity index (χ0v) is 20.8. The summed E-state index contributed by atoms with van der Waals surface area (Å²) >= 11 is 0. The first-order valence-corrected chi connectivity index (χ1v) is 14.0. The van der Waals surface area contributed by atoms with Crippen molar-refractivity contribution in [2.45, 2.75) is 56.4 Å². The number of rotatable bonds is 7. The van der Waals surface area contributed by atoms with Crippen molar-refractivity contribution in [1.82, 2.24) is 9.62 Å². The van der Waals surface area contributed by atoms with Gasteiger partial charge in [-0.1, -0.05) is 6.42 Å². The fraction of sp³-hybridized carbons (Fsp3) is 0.538. The fourth-order valence-corrected chi connectivity index (χ4v) is 7.48. The molecule has 2 amide bonds. The number of hydrogen-bond acceptors (Lipinski definition) is 5. The molecule has 1 saturated heterocycles. The maximum atomic E-state index is 12.9. The first-order chi connectivity index (χ1) is 16.8. The monoisotopic (exact) mass is 499 g/mol. The lowest BCUT2D eigenvalue weighted by molar-refractivity contribution is -0.121. The van der Waals surface area contributed by atoms with Gasteiger partial charge >= 0.3 is 0 Å². The quantitative estimate of drug-likeness (QED) is 0.601. The van der Waals surface area contributed by atoms with Crippen LogP contribution in [0.5, 0.6) is 0 Å². The van der Waals surface area contributed by atoms with Gasteiger partial charge in [0.15, 0.2) is 0 Å². The number of carbonyl (C=O) groups excluding carboxylic acids is 2. The van der Waals surface area contributed by atoms with Gasteiger partial charge in [0.2, 0.25) is 15.9 Å². The molecule has 2 aromatic rings. The van der Waals surface area contributed by atoms with E-state index >= 15 is 0 Å². The second kappa shape index (κ2) is 9.78. The van der Waals surface area contributed by atoms with Gasteiger partial charge in [-0.2, -0.15) is 0 Å². The summed E-state index contributed by atoms with van der Waals surface area (Å²) in [5.41, 5.74) is 1.08. The highest BCUT2D eigenvalue weighted by molar-refractivity contribution is 7.89. The van der Waals surface area contributed by atoms with Crippen molar-refractivity contribution in [3.05, 3.63) is 48.4 Å². The molecule has 0 radical (unpaired) electrons. The summed E-state index contributed by atoms with van der Waals surface area (Å²) in [6.07, 6.45) is 8.92. The van der Waals surface area contributed by atoms with Gasteiger partial charge in [-0.15, -0.1) is 0 Å². The van der Waals surface area contributed by atoms with Crippen molar-refractivity contribution in [2.24, 2.45) is 23.7 Å². The molecule has 0 unspecified atom stereocenters. The Morgan fingerprint density at radius 2 is 1.77 bits per heavy atom. The van der Waals surface area contributed by atoms with Gasteiger partial charge in [-0.05, 0) is 87.1 Å². The van der Waals surface area contributed by atoms with Crippen LogP contribution in [0.1, 0.15) is 55.8 Å². The summed E-state index contributed by atoms with van der Waals surface area (Å²) in [7, 11) is -3.62. The Morgan fingerprint density at radius 3 is 2.37 bits per heavy atom. The van der Waals surface area contributed by atoms with E-state index in [1.807, 2.05) is 6.92 Å². The third kappa shape index (κ3) is 5.16. The summed E-state index contributed by atoms with van der Waals surface area (Å²) in [6.45, 7) is 2.99. The van der Waals surface area contributed by atoms with Gasteiger partial charge in [0, 0.05) is 30.7 Å². The van der Waals surface area contributed by atoms with Gasteiger partial charge in [-0.3, -0.25) is 9.59 Å². The first-order valence-electron chi connectivity index (χ1n) is 12.5. The average Bonchev–Trinajstić information content (AvgIpc) is 3.63. The number of nitrogens with one attached hydrogen (secondary N) is 2. The molecular formula is C26H33N3O5S. The number of amides is 2. The van der Waals surface area contributed by atoms with Gasteiger partial charge in [0.05, 0.1) is 16.7 Å². The molecule has 1 aromatic heterocycles. The van der Waals surface area contributed by atoms with E-state index in [-0.39, 0.29) is 28.7 Å². The maximum absolute atomic E-state index is 12.9. The Hall–Kier alpha value is -2.65. The molecule has 35 heavy (non-hydrogen) atoms. The van der Waals surface area contributed by atoms with Crippen molar-refractivity contribution in [3.8, 4) is 0 Å². The molecule has 2 bridgehead atoms. The van der Waals surface area contributed by atoms with Crippen LogP contribution in [0.3, 0.4) is 0 Å². The molecule has 2 saturated carbocycles. The van der Waals surface area contributed by atoms with Crippen LogP contribution in [0.2, 0.25) is 0 Å². The van der Waals surface area contributed by atoms with Gasteiger partial charge in [0.1, 0.15) is 6.26 Å². The normalized spacial score (nSPS) is 25.5. The van der Waals surface area contributed by atoms with E-state index in [4.69, 9.17) is 4.42 Å². The summed E-state index contributed by atoms with van der Waals surface area (Å²) in [5, 5.41) is 2.89. The minimum absolute atomic E-state index is 0.0825. The van der Waals surface area contributed by atoms with Crippen molar-refractivity contribution >= 4 is 27.5 Å². The Kier molecular flexibility index (Phi) is 6.72. The molecule has 2 heterocycles. The Labute approximate surface area is 206 Å².